The minimum atomic E-state index is -0.921. The largest absolute Gasteiger partial charge is 0.478 e. The van der Waals surface area contributed by atoms with Crippen LogP contribution in [0.5, 0.6) is 0 Å². The van der Waals surface area contributed by atoms with Crippen molar-refractivity contribution in [1.29, 1.82) is 0 Å². The van der Waals surface area contributed by atoms with Crippen LogP contribution in [0.1, 0.15) is 25.0 Å². The number of carbonyl (C=O) groups is 2. The van der Waals surface area contributed by atoms with Gasteiger partial charge in [-0.1, -0.05) is 43.7 Å². The topological polar surface area (TPSA) is 89.6 Å². The van der Waals surface area contributed by atoms with Gasteiger partial charge in [-0.05, 0) is 24.5 Å². The molecule has 0 aromatic heterocycles. The number of carbonyl (C=O) groups excluding carboxylic acids is 1. The molecule has 0 bridgehead atoms. The quantitative estimate of drug-likeness (QED) is 0.656. The van der Waals surface area contributed by atoms with Crippen LogP contribution in [0.25, 0.3) is 6.08 Å². The summed E-state index contributed by atoms with van der Waals surface area (Å²) in [6.07, 6.45) is 2.70. The van der Waals surface area contributed by atoms with Crippen LogP contribution in [0, 0.1) is 12.8 Å². The number of aliphatic carboxylic acids is 1. The van der Waals surface area contributed by atoms with E-state index in [0.29, 0.717) is 0 Å². The number of aryl methyl sites for hydroxylation is 1. The normalized spacial score (nSPS) is 11.7. The molecular formula is C16H23NO4. The smallest absolute Gasteiger partial charge is 0.328 e. The van der Waals surface area contributed by atoms with Crippen molar-refractivity contribution in [1.82, 2.24) is 0 Å². The first kappa shape index (κ1) is 18.9. The third-order valence-corrected chi connectivity index (χ3v) is 2.69. The Bertz CT molecular complexity index is 478. The fourth-order valence-corrected chi connectivity index (χ4v) is 1.25. The van der Waals surface area contributed by atoms with E-state index in [1.54, 1.807) is 6.08 Å². The molecule has 0 saturated carbocycles. The summed E-state index contributed by atoms with van der Waals surface area (Å²) in [7, 11) is 1.34. The Morgan fingerprint density at radius 3 is 2.10 bits per heavy atom. The Balaban J connectivity index is 0.000000400. The molecule has 1 rings (SSSR count). The molecule has 5 heteroatoms. The average molecular weight is 293 g/mol. The van der Waals surface area contributed by atoms with Crippen molar-refractivity contribution < 1.29 is 19.4 Å². The second-order valence-corrected chi connectivity index (χ2v) is 4.88. The predicted molar refractivity (Wildman–Crippen MR) is 82.7 cm³/mol. The Morgan fingerprint density at radius 2 is 1.76 bits per heavy atom. The lowest BCUT2D eigenvalue weighted by atomic mass is 10.1. The molecule has 0 aliphatic carbocycles. The summed E-state index contributed by atoms with van der Waals surface area (Å²) in [6, 6.07) is 7.18. The first-order chi connectivity index (χ1) is 9.77. The van der Waals surface area contributed by atoms with Crippen LogP contribution < -0.4 is 5.73 Å². The Hall–Kier alpha value is -2.14. The molecule has 116 valence electrons. The molecule has 0 amide bonds. The van der Waals surface area contributed by atoms with Crippen LogP contribution in [0.4, 0.5) is 0 Å². The number of ether oxygens (including phenoxy) is 1. The molecule has 0 unspecified atom stereocenters. The van der Waals surface area contributed by atoms with Crippen molar-refractivity contribution in [2.24, 2.45) is 11.7 Å². The summed E-state index contributed by atoms with van der Waals surface area (Å²) in [4.78, 5) is 20.8. The first-order valence-electron chi connectivity index (χ1n) is 6.59. The molecule has 5 nitrogen and oxygen atoms in total. The summed E-state index contributed by atoms with van der Waals surface area (Å²) >= 11 is 0. The molecular weight excluding hydrogens is 270 g/mol. The molecule has 21 heavy (non-hydrogen) atoms. The average Bonchev–Trinajstić information content (AvgIpc) is 2.45. The maximum Gasteiger partial charge on any atom is 0.328 e. The monoisotopic (exact) mass is 293 g/mol. The highest BCUT2D eigenvalue weighted by atomic mass is 16.5. The zero-order chi connectivity index (χ0) is 16.4. The highest BCUT2D eigenvalue weighted by Gasteiger charge is 2.16. The number of methoxy groups -OCH3 is 1. The van der Waals surface area contributed by atoms with E-state index in [1.165, 1.54) is 12.7 Å². The van der Waals surface area contributed by atoms with E-state index < -0.39 is 12.0 Å². The lowest BCUT2D eigenvalue weighted by molar-refractivity contribution is -0.143. The summed E-state index contributed by atoms with van der Waals surface area (Å²) in [6.45, 7) is 5.74. The molecule has 0 heterocycles. The molecule has 3 N–H and O–H groups in total. The van der Waals surface area contributed by atoms with E-state index in [2.05, 4.69) is 4.74 Å². The number of nitrogens with two attached hydrogens (primary N) is 1. The maximum atomic E-state index is 10.6. The summed E-state index contributed by atoms with van der Waals surface area (Å²) in [5.74, 6) is -1.11. The van der Waals surface area contributed by atoms with Crippen LogP contribution in [0.2, 0.25) is 0 Å². The molecule has 0 radical (unpaired) electrons. The third-order valence-electron chi connectivity index (χ3n) is 2.69. The van der Waals surface area contributed by atoms with Gasteiger partial charge in [0.25, 0.3) is 0 Å². The van der Waals surface area contributed by atoms with Crippen molar-refractivity contribution >= 4 is 18.0 Å². The fraction of sp³-hybridized carbons (Fsp3) is 0.375. The minimum Gasteiger partial charge on any atom is -0.478 e. The van der Waals surface area contributed by atoms with Gasteiger partial charge in [-0.3, -0.25) is 4.79 Å². The molecule has 0 fully saturated rings. The van der Waals surface area contributed by atoms with E-state index in [1.807, 2.05) is 45.0 Å². The van der Waals surface area contributed by atoms with Gasteiger partial charge >= 0.3 is 11.9 Å². The predicted octanol–water partition coefficient (Wildman–Crippen LogP) is 2.24. The van der Waals surface area contributed by atoms with Crippen LogP contribution in [0.15, 0.2) is 30.3 Å². The second-order valence-electron chi connectivity index (χ2n) is 4.88. The molecule has 1 aromatic carbocycles. The summed E-state index contributed by atoms with van der Waals surface area (Å²) in [5.41, 5.74) is 7.47. The highest BCUT2D eigenvalue weighted by Crippen LogP contribution is 2.04. The number of hydrogen-bond acceptors (Lipinski definition) is 4. The van der Waals surface area contributed by atoms with Crippen molar-refractivity contribution in [3.8, 4) is 0 Å². The van der Waals surface area contributed by atoms with Crippen molar-refractivity contribution in [3.05, 3.63) is 41.5 Å². The highest BCUT2D eigenvalue weighted by molar-refractivity contribution is 5.85. The van der Waals surface area contributed by atoms with E-state index in [0.717, 1.165) is 11.6 Å². The van der Waals surface area contributed by atoms with Crippen LogP contribution in [-0.2, 0) is 14.3 Å². The number of esters is 1. The van der Waals surface area contributed by atoms with E-state index >= 15 is 0 Å². The summed E-state index contributed by atoms with van der Waals surface area (Å²) < 4.78 is 4.41. The number of carboxylic acid groups (broad SMARTS) is 1. The Kier molecular flexibility index (Phi) is 8.73. The Morgan fingerprint density at radius 1 is 1.24 bits per heavy atom. The Labute approximate surface area is 125 Å². The molecule has 0 saturated heterocycles. The lowest BCUT2D eigenvalue weighted by Crippen LogP contribution is -2.36. The maximum absolute atomic E-state index is 10.6. The summed E-state index contributed by atoms with van der Waals surface area (Å²) in [5, 5.41) is 8.34. The third kappa shape index (κ3) is 8.60. The number of hydrogen-bond donors (Lipinski definition) is 2. The van der Waals surface area contributed by atoms with Gasteiger partial charge in [0.15, 0.2) is 0 Å². The van der Waals surface area contributed by atoms with Crippen LogP contribution in [0.3, 0.4) is 0 Å². The van der Waals surface area contributed by atoms with Gasteiger partial charge in [0, 0.05) is 6.08 Å². The van der Waals surface area contributed by atoms with E-state index in [-0.39, 0.29) is 11.9 Å². The van der Waals surface area contributed by atoms with Crippen LogP contribution >= 0.6 is 0 Å². The standard InChI is InChI=1S/C10H10O2.C6H13NO2/c1-8-2-4-9(5-3-8)6-7-10(11)12;1-4(2)5(7)6(8)9-3/h2-7H,1H3,(H,11,12);4-5H,7H2,1-3H3/b7-6+;/t;5-/m.0/s1. The molecule has 0 aliphatic heterocycles. The van der Waals surface area contributed by atoms with Gasteiger partial charge in [0.05, 0.1) is 7.11 Å². The molecule has 1 atom stereocenters. The molecule has 0 spiro atoms. The van der Waals surface area contributed by atoms with Crippen molar-refractivity contribution in [3.63, 3.8) is 0 Å². The fourth-order valence-electron chi connectivity index (χ4n) is 1.25. The zero-order valence-electron chi connectivity index (χ0n) is 12.9. The van der Waals surface area contributed by atoms with E-state index in [9.17, 15) is 9.59 Å². The van der Waals surface area contributed by atoms with Gasteiger partial charge in [0.1, 0.15) is 6.04 Å². The molecule has 0 aliphatic rings. The van der Waals surface area contributed by atoms with Gasteiger partial charge in [-0.2, -0.15) is 0 Å². The van der Waals surface area contributed by atoms with Crippen molar-refractivity contribution in [2.45, 2.75) is 26.8 Å². The van der Waals surface area contributed by atoms with Gasteiger partial charge in [-0.15, -0.1) is 0 Å². The van der Waals surface area contributed by atoms with Gasteiger partial charge in [-0.25, -0.2) is 4.79 Å². The lowest BCUT2D eigenvalue weighted by Gasteiger charge is -2.11. The second kappa shape index (κ2) is 9.72. The number of benzene rings is 1. The van der Waals surface area contributed by atoms with Crippen LogP contribution in [-0.4, -0.2) is 30.2 Å². The molecule has 1 aromatic rings. The number of carboxylic acids is 1. The van der Waals surface area contributed by atoms with Gasteiger partial charge in [0.2, 0.25) is 0 Å². The van der Waals surface area contributed by atoms with Crippen molar-refractivity contribution in [2.75, 3.05) is 7.11 Å². The zero-order valence-corrected chi connectivity index (χ0v) is 12.9. The SMILES string of the molecule is COC(=O)[C@@H](N)C(C)C.Cc1ccc(/C=C/C(=O)O)cc1. The van der Waals surface area contributed by atoms with Gasteiger partial charge < -0.3 is 15.6 Å². The first-order valence-corrected chi connectivity index (χ1v) is 6.59. The minimum absolute atomic E-state index is 0.150. The van der Waals surface area contributed by atoms with E-state index in [4.69, 9.17) is 10.8 Å². The number of rotatable bonds is 4.